The molecule has 0 saturated heterocycles. The summed E-state index contributed by atoms with van der Waals surface area (Å²) in [5.41, 5.74) is 0. The molecule has 2 aromatic heterocycles. The Morgan fingerprint density at radius 3 is 1.39 bits per heavy atom. The first kappa shape index (κ1) is 10.4. The van der Waals surface area contributed by atoms with Gasteiger partial charge in [0.2, 0.25) is 0 Å². The summed E-state index contributed by atoms with van der Waals surface area (Å²) in [7, 11) is 0. The smallest absolute Gasteiger partial charge is 0.155 e. The molecule has 0 spiro atoms. The Balaban J connectivity index is 1.79. The van der Waals surface area contributed by atoms with Crippen LogP contribution in [0.4, 0.5) is 11.6 Å². The highest BCUT2D eigenvalue weighted by molar-refractivity contribution is 5.52. The van der Waals surface area contributed by atoms with Gasteiger partial charge >= 0.3 is 0 Å². The summed E-state index contributed by atoms with van der Waals surface area (Å²) in [6.07, 6.45) is 17.6. The van der Waals surface area contributed by atoms with E-state index in [0.717, 1.165) is 11.6 Å². The van der Waals surface area contributed by atoms with Gasteiger partial charge in [-0.1, -0.05) is 0 Å². The van der Waals surface area contributed by atoms with Gasteiger partial charge in [0, 0.05) is 49.6 Å². The Hall–Kier alpha value is -2.76. The minimum Gasteiger partial charge on any atom is -0.304 e. The van der Waals surface area contributed by atoms with E-state index in [1.807, 2.05) is 34.6 Å². The topological polar surface area (TPSA) is 58.0 Å². The van der Waals surface area contributed by atoms with E-state index in [2.05, 4.69) is 19.9 Å². The van der Waals surface area contributed by atoms with E-state index < -0.39 is 0 Å². The highest BCUT2D eigenvalue weighted by Crippen LogP contribution is 2.17. The first-order chi connectivity index (χ1) is 8.93. The van der Waals surface area contributed by atoms with Crippen molar-refractivity contribution < 1.29 is 0 Å². The number of hydrogen-bond donors (Lipinski definition) is 0. The molecule has 18 heavy (non-hydrogen) atoms. The average Bonchev–Trinajstić information content (AvgIpc) is 2.49. The zero-order chi connectivity index (χ0) is 12.2. The molecule has 0 fully saturated rings. The van der Waals surface area contributed by atoms with Crippen LogP contribution in [0.25, 0.3) is 0 Å². The molecule has 6 heteroatoms. The van der Waals surface area contributed by atoms with Crippen molar-refractivity contribution in [3.05, 3.63) is 62.0 Å². The van der Waals surface area contributed by atoms with Crippen LogP contribution < -0.4 is 9.80 Å². The number of hydrogen-bond acceptors (Lipinski definition) is 6. The Bertz CT molecular complexity index is 500. The standard InChI is InChI=1S/C12H10N6/c1-3-15-11(9-13-1)17-5-7-18(8-6-17)12-10-14-2-4-16-12/h1-10H. The summed E-state index contributed by atoms with van der Waals surface area (Å²) in [5, 5.41) is 0. The third-order valence-electron chi connectivity index (χ3n) is 2.40. The molecule has 0 N–H and O–H groups in total. The van der Waals surface area contributed by atoms with Gasteiger partial charge in [-0.25, -0.2) is 9.97 Å². The Morgan fingerprint density at radius 2 is 1.06 bits per heavy atom. The predicted molar refractivity (Wildman–Crippen MR) is 67.3 cm³/mol. The van der Waals surface area contributed by atoms with Crippen LogP contribution in [0.15, 0.2) is 62.0 Å². The zero-order valence-corrected chi connectivity index (χ0v) is 9.46. The van der Waals surface area contributed by atoms with E-state index in [1.165, 1.54) is 0 Å². The van der Waals surface area contributed by atoms with Crippen LogP contribution in [-0.4, -0.2) is 19.9 Å². The van der Waals surface area contributed by atoms with Crippen molar-refractivity contribution in [1.82, 2.24) is 19.9 Å². The molecule has 88 valence electrons. The quantitative estimate of drug-likeness (QED) is 0.791. The van der Waals surface area contributed by atoms with E-state index in [1.54, 1.807) is 37.2 Å². The average molecular weight is 238 g/mol. The van der Waals surface area contributed by atoms with Crippen molar-refractivity contribution in [3.8, 4) is 0 Å². The first-order valence-corrected chi connectivity index (χ1v) is 5.39. The fourth-order valence-electron chi connectivity index (χ4n) is 1.54. The van der Waals surface area contributed by atoms with Crippen molar-refractivity contribution in [2.45, 2.75) is 0 Å². The molecule has 0 amide bonds. The van der Waals surface area contributed by atoms with Gasteiger partial charge in [-0.2, -0.15) is 0 Å². The summed E-state index contributed by atoms with van der Waals surface area (Å²) >= 11 is 0. The van der Waals surface area contributed by atoms with Gasteiger partial charge in [0.05, 0.1) is 12.4 Å². The lowest BCUT2D eigenvalue weighted by Crippen LogP contribution is -2.20. The maximum atomic E-state index is 4.21. The number of nitrogens with zero attached hydrogens (tertiary/aromatic N) is 6. The van der Waals surface area contributed by atoms with Crippen molar-refractivity contribution in [2.24, 2.45) is 0 Å². The van der Waals surface area contributed by atoms with E-state index in [0.29, 0.717) is 0 Å². The zero-order valence-electron chi connectivity index (χ0n) is 9.46. The summed E-state index contributed by atoms with van der Waals surface area (Å²) in [4.78, 5) is 20.2. The molecule has 2 aromatic rings. The highest BCUT2D eigenvalue weighted by Gasteiger charge is 2.08. The molecule has 0 bridgehead atoms. The maximum Gasteiger partial charge on any atom is 0.155 e. The third kappa shape index (κ3) is 2.03. The highest BCUT2D eigenvalue weighted by atomic mass is 15.2. The molecule has 6 nitrogen and oxygen atoms in total. The van der Waals surface area contributed by atoms with Crippen molar-refractivity contribution >= 4 is 11.6 Å². The van der Waals surface area contributed by atoms with Gasteiger partial charge in [0.25, 0.3) is 0 Å². The van der Waals surface area contributed by atoms with Crippen LogP contribution in [0.2, 0.25) is 0 Å². The van der Waals surface area contributed by atoms with Crippen LogP contribution in [0.3, 0.4) is 0 Å². The minimum atomic E-state index is 0.767. The fraction of sp³-hybridized carbons (Fsp3) is 0. The summed E-state index contributed by atoms with van der Waals surface area (Å²) in [6.45, 7) is 0. The Labute approximate surface area is 104 Å². The van der Waals surface area contributed by atoms with Crippen molar-refractivity contribution in [1.29, 1.82) is 0 Å². The molecule has 0 aliphatic carbocycles. The number of anilines is 2. The summed E-state index contributed by atoms with van der Waals surface area (Å²) in [6, 6.07) is 0. The second-order valence-corrected chi connectivity index (χ2v) is 3.54. The molecular weight excluding hydrogens is 228 g/mol. The second kappa shape index (κ2) is 4.62. The fourth-order valence-corrected chi connectivity index (χ4v) is 1.54. The molecule has 0 radical (unpaired) electrons. The lowest BCUT2D eigenvalue weighted by molar-refractivity contribution is 1.05. The lowest BCUT2D eigenvalue weighted by atomic mass is 10.4. The number of rotatable bonds is 2. The van der Waals surface area contributed by atoms with Crippen molar-refractivity contribution in [2.75, 3.05) is 9.80 Å². The van der Waals surface area contributed by atoms with E-state index in [4.69, 9.17) is 0 Å². The molecule has 0 unspecified atom stereocenters. The largest absolute Gasteiger partial charge is 0.304 e. The van der Waals surface area contributed by atoms with Crippen LogP contribution >= 0.6 is 0 Å². The van der Waals surface area contributed by atoms with Crippen LogP contribution in [-0.2, 0) is 0 Å². The molecular formula is C12H10N6. The van der Waals surface area contributed by atoms with E-state index in [9.17, 15) is 0 Å². The minimum absolute atomic E-state index is 0.767. The molecule has 1 aliphatic heterocycles. The van der Waals surface area contributed by atoms with Gasteiger partial charge in [-0.3, -0.25) is 9.97 Å². The van der Waals surface area contributed by atoms with Crippen molar-refractivity contribution in [3.63, 3.8) is 0 Å². The monoisotopic (exact) mass is 238 g/mol. The molecule has 3 heterocycles. The van der Waals surface area contributed by atoms with E-state index >= 15 is 0 Å². The second-order valence-electron chi connectivity index (χ2n) is 3.54. The van der Waals surface area contributed by atoms with Gasteiger partial charge in [0.15, 0.2) is 11.6 Å². The van der Waals surface area contributed by atoms with Gasteiger partial charge < -0.3 is 9.80 Å². The Kier molecular flexibility index (Phi) is 2.67. The SMILES string of the molecule is C1=CN(c2cnccn2)C=CN1c1cnccn1. The van der Waals surface area contributed by atoms with Crippen LogP contribution in [0.5, 0.6) is 0 Å². The molecule has 1 aliphatic rings. The third-order valence-corrected chi connectivity index (χ3v) is 2.40. The molecule has 3 rings (SSSR count). The van der Waals surface area contributed by atoms with Gasteiger partial charge in [-0.15, -0.1) is 0 Å². The normalized spacial score (nSPS) is 14.0. The predicted octanol–water partition coefficient (Wildman–Crippen LogP) is 1.54. The number of aromatic nitrogens is 4. The van der Waals surface area contributed by atoms with Crippen LogP contribution in [0.1, 0.15) is 0 Å². The summed E-state index contributed by atoms with van der Waals surface area (Å²) in [5.74, 6) is 1.53. The maximum absolute atomic E-state index is 4.21. The lowest BCUT2D eigenvalue weighted by Gasteiger charge is -2.22. The molecule has 0 saturated carbocycles. The molecule has 0 aromatic carbocycles. The van der Waals surface area contributed by atoms with Gasteiger partial charge in [0.1, 0.15) is 0 Å². The Morgan fingerprint density at radius 1 is 0.611 bits per heavy atom. The first-order valence-electron chi connectivity index (χ1n) is 5.39. The summed E-state index contributed by atoms with van der Waals surface area (Å²) < 4.78 is 0. The molecule has 0 atom stereocenters. The van der Waals surface area contributed by atoms with Crippen LogP contribution in [0, 0.1) is 0 Å². The van der Waals surface area contributed by atoms with Gasteiger partial charge in [-0.05, 0) is 0 Å². The van der Waals surface area contributed by atoms with E-state index in [-0.39, 0.29) is 0 Å².